The van der Waals surface area contributed by atoms with Crippen LogP contribution in [0.15, 0.2) is 22.1 Å². The van der Waals surface area contributed by atoms with E-state index in [4.69, 9.17) is 4.42 Å². The Morgan fingerprint density at radius 1 is 1.54 bits per heavy atom. The summed E-state index contributed by atoms with van der Waals surface area (Å²) in [6.45, 7) is 3.52. The van der Waals surface area contributed by atoms with Gasteiger partial charge in [-0.15, -0.1) is 11.3 Å². The number of anilines is 1. The third kappa shape index (κ3) is 3.65. The lowest BCUT2D eigenvalue weighted by Crippen LogP contribution is -2.39. The molecule has 0 radical (unpaired) electrons. The molecule has 128 valence electrons. The lowest BCUT2D eigenvalue weighted by atomic mass is 10.2. The number of hydrogen-bond donors (Lipinski definition) is 2. The van der Waals surface area contributed by atoms with Crippen molar-refractivity contribution in [2.45, 2.75) is 25.8 Å². The van der Waals surface area contributed by atoms with Gasteiger partial charge in [0.25, 0.3) is 5.91 Å². The van der Waals surface area contributed by atoms with Crippen molar-refractivity contribution in [1.82, 2.24) is 15.2 Å². The first-order chi connectivity index (χ1) is 11.5. The molecule has 3 heterocycles. The van der Waals surface area contributed by atoms with Crippen LogP contribution in [-0.4, -0.2) is 47.9 Å². The second-order valence-corrected chi connectivity index (χ2v) is 6.67. The molecule has 1 saturated heterocycles. The molecule has 24 heavy (non-hydrogen) atoms. The van der Waals surface area contributed by atoms with E-state index in [0.717, 1.165) is 19.5 Å². The van der Waals surface area contributed by atoms with Gasteiger partial charge in [0, 0.05) is 25.0 Å². The summed E-state index contributed by atoms with van der Waals surface area (Å²) in [6.07, 6.45) is 2.69. The highest BCUT2D eigenvalue weighted by molar-refractivity contribution is 7.14. The van der Waals surface area contributed by atoms with Gasteiger partial charge < -0.3 is 14.6 Å². The highest BCUT2D eigenvalue weighted by atomic mass is 32.1. The number of furan rings is 1. The van der Waals surface area contributed by atoms with Gasteiger partial charge >= 0.3 is 0 Å². The molecule has 3 rings (SSSR count). The van der Waals surface area contributed by atoms with Crippen molar-refractivity contribution >= 4 is 28.3 Å². The number of carbonyl (C=O) groups excluding carboxylic acids is 2. The van der Waals surface area contributed by atoms with E-state index in [1.165, 1.54) is 17.6 Å². The molecule has 1 atom stereocenters. The van der Waals surface area contributed by atoms with Crippen molar-refractivity contribution in [2.24, 2.45) is 0 Å². The smallest absolute Gasteiger partial charge is 0.260 e. The molecule has 2 amide bonds. The second kappa shape index (κ2) is 7.14. The van der Waals surface area contributed by atoms with Gasteiger partial charge in [0.05, 0.1) is 23.9 Å². The van der Waals surface area contributed by atoms with Gasteiger partial charge in [-0.25, -0.2) is 4.98 Å². The summed E-state index contributed by atoms with van der Waals surface area (Å²) < 4.78 is 5.12. The first-order valence-electron chi connectivity index (χ1n) is 7.81. The SMILES string of the molecule is Cc1occc1C(=O)Nc1nc(CC(=O)N(C)C2CCNC2)cs1. The van der Waals surface area contributed by atoms with Crippen molar-refractivity contribution < 1.29 is 14.0 Å². The Balaban J connectivity index is 1.58. The first-order valence-corrected chi connectivity index (χ1v) is 8.69. The minimum Gasteiger partial charge on any atom is -0.469 e. The normalized spacial score (nSPS) is 17.0. The van der Waals surface area contributed by atoms with E-state index >= 15 is 0 Å². The van der Waals surface area contributed by atoms with Crippen molar-refractivity contribution in [3.05, 3.63) is 34.7 Å². The molecule has 0 saturated carbocycles. The Labute approximate surface area is 144 Å². The lowest BCUT2D eigenvalue weighted by molar-refractivity contribution is -0.130. The average molecular weight is 348 g/mol. The molecule has 1 fully saturated rings. The van der Waals surface area contributed by atoms with E-state index in [9.17, 15) is 9.59 Å². The molecule has 0 aliphatic carbocycles. The molecule has 7 nitrogen and oxygen atoms in total. The number of likely N-dealkylation sites (N-methyl/N-ethyl adjacent to an activating group) is 1. The number of hydrogen-bond acceptors (Lipinski definition) is 6. The largest absolute Gasteiger partial charge is 0.469 e. The van der Waals surface area contributed by atoms with Crippen molar-refractivity contribution in [3.63, 3.8) is 0 Å². The average Bonchev–Trinajstić information content (AvgIpc) is 3.28. The fraction of sp³-hybridized carbons (Fsp3) is 0.438. The van der Waals surface area contributed by atoms with Crippen LogP contribution in [0.4, 0.5) is 5.13 Å². The van der Waals surface area contributed by atoms with Gasteiger partial charge in [0.1, 0.15) is 5.76 Å². The van der Waals surface area contributed by atoms with E-state index in [1.54, 1.807) is 23.3 Å². The summed E-state index contributed by atoms with van der Waals surface area (Å²) >= 11 is 1.31. The molecular weight excluding hydrogens is 328 g/mol. The number of carbonyl (C=O) groups is 2. The Morgan fingerprint density at radius 2 is 2.38 bits per heavy atom. The molecule has 8 heteroatoms. The first kappa shape index (κ1) is 16.7. The molecule has 2 aromatic heterocycles. The Kier molecular flexibility index (Phi) is 4.96. The molecule has 0 bridgehead atoms. The predicted octanol–water partition coefficient (Wildman–Crippen LogP) is 1.66. The number of rotatable bonds is 5. The maximum atomic E-state index is 12.3. The van der Waals surface area contributed by atoms with Crippen LogP contribution >= 0.6 is 11.3 Å². The highest BCUT2D eigenvalue weighted by Crippen LogP contribution is 2.19. The molecule has 1 unspecified atom stereocenters. The zero-order valence-electron chi connectivity index (χ0n) is 13.7. The van der Waals surface area contributed by atoms with Crippen molar-refractivity contribution in [3.8, 4) is 0 Å². The number of amides is 2. The zero-order chi connectivity index (χ0) is 17.1. The van der Waals surface area contributed by atoms with Gasteiger partial charge in [-0.1, -0.05) is 0 Å². The molecule has 0 aromatic carbocycles. The van der Waals surface area contributed by atoms with Crippen molar-refractivity contribution in [2.75, 3.05) is 25.5 Å². The third-order valence-electron chi connectivity index (χ3n) is 4.18. The summed E-state index contributed by atoms with van der Waals surface area (Å²) in [5.74, 6) is 0.339. The van der Waals surface area contributed by atoms with Crippen LogP contribution in [0.25, 0.3) is 0 Å². The van der Waals surface area contributed by atoms with Gasteiger partial charge in [-0.05, 0) is 26.0 Å². The van der Waals surface area contributed by atoms with E-state index in [-0.39, 0.29) is 24.3 Å². The summed E-state index contributed by atoms with van der Waals surface area (Å²) in [4.78, 5) is 30.6. The van der Waals surface area contributed by atoms with E-state index in [0.29, 0.717) is 22.1 Å². The van der Waals surface area contributed by atoms with E-state index < -0.39 is 0 Å². The van der Waals surface area contributed by atoms with Crippen LogP contribution in [0.1, 0.15) is 28.2 Å². The van der Waals surface area contributed by atoms with Crippen LogP contribution in [0, 0.1) is 6.92 Å². The summed E-state index contributed by atoms with van der Waals surface area (Å²) in [6, 6.07) is 1.87. The Morgan fingerprint density at radius 3 is 3.04 bits per heavy atom. The summed E-state index contributed by atoms with van der Waals surface area (Å²) in [5.41, 5.74) is 1.15. The quantitative estimate of drug-likeness (QED) is 0.858. The Hall–Kier alpha value is -2.19. The number of thiazole rings is 1. The second-order valence-electron chi connectivity index (χ2n) is 5.82. The van der Waals surface area contributed by atoms with Gasteiger partial charge in [-0.2, -0.15) is 0 Å². The number of nitrogens with one attached hydrogen (secondary N) is 2. The molecule has 2 aromatic rings. The van der Waals surface area contributed by atoms with Crippen LogP contribution in [-0.2, 0) is 11.2 Å². The number of nitrogens with zero attached hydrogens (tertiary/aromatic N) is 2. The van der Waals surface area contributed by atoms with E-state index in [2.05, 4.69) is 15.6 Å². The fourth-order valence-corrected chi connectivity index (χ4v) is 3.39. The number of aryl methyl sites for hydroxylation is 1. The lowest BCUT2D eigenvalue weighted by Gasteiger charge is -2.23. The maximum Gasteiger partial charge on any atom is 0.260 e. The molecule has 1 aliphatic heterocycles. The van der Waals surface area contributed by atoms with Crippen molar-refractivity contribution in [1.29, 1.82) is 0 Å². The van der Waals surface area contributed by atoms with Crippen LogP contribution < -0.4 is 10.6 Å². The zero-order valence-corrected chi connectivity index (χ0v) is 14.5. The third-order valence-corrected chi connectivity index (χ3v) is 4.99. The predicted molar refractivity (Wildman–Crippen MR) is 91.3 cm³/mol. The minimum absolute atomic E-state index is 0.0394. The standard InChI is InChI=1S/C16H20N4O3S/c1-10-13(4-6-23-10)15(22)19-16-18-11(9-24-16)7-14(21)20(2)12-3-5-17-8-12/h4,6,9,12,17H,3,5,7-8H2,1-2H3,(H,18,19,22). The minimum atomic E-state index is -0.261. The molecule has 0 spiro atoms. The van der Waals surface area contributed by atoms with Crippen LogP contribution in [0.2, 0.25) is 0 Å². The molecule has 2 N–H and O–H groups in total. The van der Waals surface area contributed by atoms with Gasteiger partial charge in [0.15, 0.2) is 5.13 Å². The molecular formula is C16H20N4O3S. The topological polar surface area (TPSA) is 87.5 Å². The van der Waals surface area contributed by atoms with Crippen LogP contribution in [0.3, 0.4) is 0 Å². The van der Waals surface area contributed by atoms with E-state index in [1.807, 2.05) is 7.05 Å². The summed E-state index contributed by atoms with van der Waals surface area (Å²) in [5, 5.41) is 8.27. The maximum absolute atomic E-state index is 12.3. The monoisotopic (exact) mass is 348 g/mol. The highest BCUT2D eigenvalue weighted by Gasteiger charge is 2.23. The fourth-order valence-electron chi connectivity index (χ4n) is 2.68. The van der Waals surface area contributed by atoms with Crippen LogP contribution in [0.5, 0.6) is 0 Å². The van der Waals surface area contributed by atoms with Gasteiger partial charge in [-0.3, -0.25) is 14.9 Å². The van der Waals surface area contributed by atoms with Gasteiger partial charge in [0.2, 0.25) is 5.91 Å². The molecule has 1 aliphatic rings. The number of aromatic nitrogens is 1. The summed E-state index contributed by atoms with van der Waals surface area (Å²) in [7, 11) is 1.83. The Bertz CT molecular complexity index is 733.